The number of amides is 1. The van der Waals surface area contributed by atoms with Gasteiger partial charge in [-0.2, -0.15) is 0 Å². The molecule has 1 atom stereocenters. The molecule has 7 heteroatoms. The Morgan fingerprint density at radius 3 is 2.65 bits per heavy atom. The van der Waals surface area contributed by atoms with Crippen molar-refractivity contribution in [2.24, 2.45) is 0 Å². The van der Waals surface area contributed by atoms with E-state index >= 15 is 0 Å². The third-order valence-electron chi connectivity index (χ3n) is 3.90. The molecule has 1 unspecified atom stereocenters. The van der Waals surface area contributed by atoms with Crippen LogP contribution < -0.4 is 9.64 Å². The highest BCUT2D eigenvalue weighted by Crippen LogP contribution is 2.20. The summed E-state index contributed by atoms with van der Waals surface area (Å²) in [5.41, 5.74) is 0.786. The summed E-state index contributed by atoms with van der Waals surface area (Å²) in [5.74, 6) is 6.91. The lowest BCUT2D eigenvalue weighted by Gasteiger charge is -2.37. The van der Waals surface area contributed by atoms with Crippen molar-refractivity contribution in [3.63, 3.8) is 0 Å². The molecule has 1 aliphatic rings. The predicted octanol–water partition coefficient (Wildman–Crippen LogP) is 2.30. The third-order valence-corrected chi connectivity index (χ3v) is 4.68. The van der Waals surface area contributed by atoms with Crippen LogP contribution in [-0.2, 0) is 4.79 Å². The van der Waals surface area contributed by atoms with Crippen LogP contribution in [0.5, 0.6) is 5.75 Å². The van der Waals surface area contributed by atoms with Gasteiger partial charge in [-0.25, -0.2) is 9.97 Å². The number of hydrogen-bond acceptors (Lipinski definition) is 5. The van der Waals surface area contributed by atoms with Crippen molar-refractivity contribution >= 4 is 27.8 Å². The number of halogens is 1. The summed E-state index contributed by atoms with van der Waals surface area (Å²) in [6.45, 7) is 4.31. The molecule has 134 valence electrons. The highest BCUT2D eigenvalue weighted by molar-refractivity contribution is 9.09. The van der Waals surface area contributed by atoms with Crippen LogP contribution in [0, 0.1) is 11.8 Å². The Hall–Kier alpha value is -2.59. The second-order valence-corrected chi connectivity index (χ2v) is 6.69. The second kappa shape index (κ2) is 8.68. The largest absolute Gasteiger partial charge is 0.494 e. The molecule has 0 spiro atoms. The highest BCUT2D eigenvalue weighted by Gasteiger charge is 2.28. The predicted molar refractivity (Wildman–Crippen MR) is 103 cm³/mol. The van der Waals surface area contributed by atoms with Gasteiger partial charge >= 0.3 is 0 Å². The normalized spacial score (nSPS) is 16.6. The molecule has 0 N–H and O–H groups in total. The molecule has 0 bridgehead atoms. The quantitative estimate of drug-likeness (QED) is 0.438. The van der Waals surface area contributed by atoms with E-state index in [1.165, 1.54) is 0 Å². The van der Waals surface area contributed by atoms with Gasteiger partial charge in [0.05, 0.1) is 13.2 Å². The van der Waals surface area contributed by atoms with Crippen LogP contribution in [0.3, 0.4) is 0 Å². The van der Waals surface area contributed by atoms with Crippen LogP contribution in [0.1, 0.15) is 12.5 Å². The summed E-state index contributed by atoms with van der Waals surface area (Å²) in [5, 5.41) is 0. The number of nitrogens with zero attached hydrogens (tertiary/aromatic N) is 4. The van der Waals surface area contributed by atoms with E-state index in [4.69, 9.17) is 4.74 Å². The first-order valence-electron chi connectivity index (χ1n) is 8.39. The molecule has 1 amide bonds. The number of benzene rings is 1. The van der Waals surface area contributed by atoms with E-state index in [0.29, 0.717) is 32.2 Å². The van der Waals surface area contributed by atoms with Crippen molar-refractivity contribution in [3.8, 4) is 17.6 Å². The Morgan fingerprint density at radius 1 is 1.27 bits per heavy atom. The van der Waals surface area contributed by atoms with E-state index in [1.54, 1.807) is 23.4 Å². The molecule has 6 nitrogen and oxygen atoms in total. The Bertz CT molecular complexity index is 802. The number of carbonyl (C=O) groups excluding carboxylic acids is 1. The molecule has 0 radical (unpaired) electrons. The molecule has 1 aliphatic heterocycles. The summed E-state index contributed by atoms with van der Waals surface area (Å²) in [6, 6.07) is 9.19. The van der Waals surface area contributed by atoms with E-state index in [1.807, 2.05) is 36.1 Å². The van der Waals surface area contributed by atoms with E-state index < -0.39 is 0 Å². The zero-order valence-corrected chi connectivity index (χ0v) is 16.0. The maximum atomic E-state index is 12.4. The average Bonchev–Trinajstić information content (AvgIpc) is 2.68. The van der Waals surface area contributed by atoms with E-state index in [2.05, 4.69) is 37.7 Å². The summed E-state index contributed by atoms with van der Waals surface area (Å²) in [6.07, 6.45) is 3.42. The zero-order valence-electron chi connectivity index (χ0n) is 14.4. The van der Waals surface area contributed by atoms with Crippen molar-refractivity contribution in [2.45, 2.75) is 11.9 Å². The zero-order chi connectivity index (χ0) is 18.4. The van der Waals surface area contributed by atoms with Crippen LogP contribution in [0.25, 0.3) is 0 Å². The molecule has 1 aromatic carbocycles. The fourth-order valence-electron chi connectivity index (χ4n) is 2.60. The van der Waals surface area contributed by atoms with Gasteiger partial charge < -0.3 is 14.5 Å². The van der Waals surface area contributed by atoms with Gasteiger partial charge in [0.25, 0.3) is 5.91 Å². The molecule has 1 aromatic heterocycles. The molecule has 2 heterocycles. The smallest absolute Gasteiger partial charge is 0.298 e. The minimum absolute atomic E-state index is 0.0464. The van der Waals surface area contributed by atoms with Crippen molar-refractivity contribution in [3.05, 3.63) is 48.3 Å². The van der Waals surface area contributed by atoms with Gasteiger partial charge in [-0.3, -0.25) is 4.79 Å². The van der Waals surface area contributed by atoms with Gasteiger partial charge in [0, 0.05) is 37.0 Å². The van der Waals surface area contributed by atoms with Crippen LogP contribution in [-0.4, -0.2) is 52.0 Å². The number of alkyl halides is 1. The molecule has 1 saturated heterocycles. The van der Waals surface area contributed by atoms with Crippen molar-refractivity contribution in [1.82, 2.24) is 14.9 Å². The lowest BCUT2D eigenvalue weighted by atomic mass is 10.2. The minimum Gasteiger partial charge on any atom is -0.494 e. The van der Waals surface area contributed by atoms with Crippen LogP contribution in [0.4, 0.5) is 5.95 Å². The lowest BCUT2D eigenvalue weighted by Crippen LogP contribution is -2.52. The molecule has 3 rings (SSSR count). The van der Waals surface area contributed by atoms with Crippen LogP contribution >= 0.6 is 15.9 Å². The Kier molecular flexibility index (Phi) is 6.08. The monoisotopic (exact) mass is 414 g/mol. The SMILES string of the molecule is CCOc1ccc(C#CC(=O)N2CCN(c3ncccn3)C(Br)C2)cc1. The first kappa shape index (κ1) is 18.2. The highest BCUT2D eigenvalue weighted by atomic mass is 79.9. The molecule has 2 aromatic rings. The fourth-order valence-corrected chi connectivity index (χ4v) is 3.33. The molecule has 0 aliphatic carbocycles. The maximum Gasteiger partial charge on any atom is 0.298 e. The van der Waals surface area contributed by atoms with Crippen molar-refractivity contribution in [2.75, 3.05) is 31.1 Å². The number of ether oxygens (including phenoxy) is 1. The van der Waals surface area contributed by atoms with E-state index in [0.717, 1.165) is 11.3 Å². The van der Waals surface area contributed by atoms with Gasteiger partial charge in [0.15, 0.2) is 0 Å². The van der Waals surface area contributed by atoms with Crippen LogP contribution in [0.2, 0.25) is 0 Å². The van der Waals surface area contributed by atoms with Gasteiger partial charge in [0.1, 0.15) is 10.7 Å². The molecule has 0 saturated carbocycles. The molecule has 1 fully saturated rings. The van der Waals surface area contributed by atoms with Crippen molar-refractivity contribution in [1.29, 1.82) is 0 Å². The number of piperazine rings is 1. The van der Waals surface area contributed by atoms with Crippen molar-refractivity contribution < 1.29 is 9.53 Å². The average molecular weight is 415 g/mol. The first-order chi connectivity index (χ1) is 12.7. The van der Waals surface area contributed by atoms with Gasteiger partial charge in [-0.05, 0) is 37.3 Å². The number of carbonyl (C=O) groups is 1. The Labute approximate surface area is 161 Å². The van der Waals surface area contributed by atoms with Gasteiger partial charge in [-0.1, -0.05) is 21.9 Å². The first-order valence-corrected chi connectivity index (χ1v) is 9.30. The number of anilines is 1. The summed E-state index contributed by atoms with van der Waals surface area (Å²) < 4.78 is 5.40. The Morgan fingerprint density at radius 2 is 2.00 bits per heavy atom. The minimum atomic E-state index is -0.183. The molecular weight excluding hydrogens is 396 g/mol. The Balaban J connectivity index is 1.60. The number of hydrogen-bond donors (Lipinski definition) is 0. The van der Waals surface area contributed by atoms with Gasteiger partial charge in [0.2, 0.25) is 5.95 Å². The summed E-state index contributed by atoms with van der Waals surface area (Å²) >= 11 is 3.61. The maximum absolute atomic E-state index is 12.4. The summed E-state index contributed by atoms with van der Waals surface area (Å²) in [7, 11) is 0. The lowest BCUT2D eigenvalue weighted by molar-refractivity contribution is -0.125. The summed E-state index contributed by atoms with van der Waals surface area (Å²) in [4.78, 5) is 24.6. The second-order valence-electron chi connectivity index (χ2n) is 5.64. The van der Waals surface area contributed by atoms with E-state index in [-0.39, 0.29) is 10.9 Å². The number of aromatic nitrogens is 2. The molecular formula is C19H19BrN4O2. The van der Waals surface area contributed by atoms with Gasteiger partial charge in [-0.15, -0.1) is 0 Å². The van der Waals surface area contributed by atoms with Crippen LogP contribution in [0.15, 0.2) is 42.7 Å². The molecule has 26 heavy (non-hydrogen) atoms. The van der Waals surface area contributed by atoms with E-state index in [9.17, 15) is 4.79 Å². The number of rotatable bonds is 3. The standard InChI is InChI=1S/C19H19BrN4O2/c1-2-26-16-7-4-15(5-8-16)6-9-18(25)23-12-13-24(17(20)14-23)19-21-10-3-11-22-19/h3-5,7-8,10-11,17H,2,12-14H2,1H3. The topological polar surface area (TPSA) is 58.6 Å². The fraction of sp³-hybridized carbons (Fsp3) is 0.316. The third kappa shape index (κ3) is 4.52.